The summed E-state index contributed by atoms with van der Waals surface area (Å²) in [6.45, 7) is 8.72. The van der Waals surface area contributed by atoms with Gasteiger partial charge in [0.1, 0.15) is 0 Å². The van der Waals surface area contributed by atoms with E-state index in [1.165, 1.54) is 164 Å². The maximum absolute atomic E-state index is 11.5. The van der Waals surface area contributed by atoms with Gasteiger partial charge in [0, 0.05) is 37.8 Å². The first-order valence-corrected chi connectivity index (χ1v) is 33.2. The van der Waals surface area contributed by atoms with Crippen LogP contribution in [0.3, 0.4) is 0 Å². The Morgan fingerprint density at radius 1 is 0.379 bits per heavy atom. The van der Waals surface area contributed by atoms with Crippen LogP contribution in [0, 0.1) is 16.2 Å². The van der Waals surface area contributed by atoms with E-state index in [1.807, 2.05) is 7.05 Å². The molecular weight excluding hydrogens is 1120 g/mol. The van der Waals surface area contributed by atoms with Gasteiger partial charge in [-0.1, -0.05) is 216 Å². The van der Waals surface area contributed by atoms with E-state index in [9.17, 15) is 59.4 Å². The number of aliphatic carboxylic acids is 6. The highest BCUT2D eigenvalue weighted by Crippen LogP contribution is 2.42. The summed E-state index contributed by atoms with van der Waals surface area (Å²) in [7, 11) is 1.96. The van der Waals surface area contributed by atoms with E-state index in [0.717, 1.165) is 30.4 Å². The molecule has 0 saturated heterocycles. The number of hydrogen-bond donors (Lipinski definition) is 8. The molecule has 0 radical (unpaired) electrons. The number of aryl methyl sites for hydroxylation is 3. The lowest BCUT2D eigenvalue weighted by Gasteiger charge is -2.26. The second-order valence-electron chi connectivity index (χ2n) is 25.4. The van der Waals surface area contributed by atoms with E-state index in [4.69, 9.17) is 0 Å². The lowest BCUT2D eigenvalue weighted by molar-refractivity contribution is -0.166. The Morgan fingerprint density at radius 3 is 0.908 bits per heavy atom. The fourth-order valence-electron chi connectivity index (χ4n) is 12.7. The van der Waals surface area contributed by atoms with E-state index in [0.29, 0.717) is 38.9 Å². The summed E-state index contributed by atoms with van der Waals surface area (Å²) in [6, 6.07) is 25.6. The number of halogens is 1. The molecule has 0 spiro atoms. The van der Waals surface area contributed by atoms with Gasteiger partial charge in [0.2, 0.25) is 0 Å². The number of hydrogen-bond acceptors (Lipinski definition) is 9. The molecule has 3 aliphatic carbocycles. The molecular formula is C71H110ClN3O12. The summed E-state index contributed by atoms with van der Waals surface area (Å²) in [6.07, 6.45) is 35.2. The maximum atomic E-state index is 11.5. The van der Waals surface area contributed by atoms with Crippen LogP contribution in [-0.4, -0.2) is 96.5 Å². The van der Waals surface area contributed by atoms with Crippen LogP contribution in [0.5, 0.6) is 0 Å². The highest BCUT2D eigenvalue weighted by atomic mass is 35.5. The van der Waals surface area contributed by atoms with E-state index in [1.54, 1.807) is 0 Å². The molecule has 16 heteroatoms. The fraction of sp³-hybridized carbons (Fsp3) is 0.662. The molecule has 488 valence electrons. The molecule has 3 atom stereocenters. The van der Waals surface area contributed by atoms with Gasteiger partial charge < -0.3 is 41.3 Å². The van der Waals surface area contributed by atoms with Crippen molar-refractivity contribution in [2.75, 3.05) is 7.05 Å². The number of benzene rings is 3. The first-order chi connectivity index (χ1) is 41.3. The molecule has 6 rings (SSSR count). The minimum Gasteiger partial charge on any atom is -0.480 e. The normalized spacial score (nSPS) is 18.0. The Hall–Kier alpha value is -5.35. The molecule has 8 N–H and O–H groups in total. The second-order valence-corrected chi connectivity index (χ2v) is 25.4. The number of rotatable bonds is 40. The average molecular weight is 1230 g/mol. The third-order valence-corrected chi connectivity index (χ3v) is 18.7. The largest absolute Gasteiger partial charge is 0.480 e. The molecule has 3 saturated carbocycles. The Kier molecular flexibility index (Phi) is 35.8. The van der Waals surface area contributed by atoms with Gasteiger partial charge in [-0.15, -0.1) is 12.4 Å². The van der Waals surface area contributed by atoms with E-state index in [2.05, 4.69) is 109 Å². The smallest absolute Gasteiger partial charge is 0.321 e. The van der Waals surface area contributed by atoms with E-state index in [-0.39, 0.29) is 69.1 Å². The van der Waals surface area contributed by atoms with Crippen LogP contribution in [0.4, 0.5) is 0 Å². The van der Waals surface area contributed by atoms with Crippen molar-refractivity contribution in [1.29, 1.82) is 0 Å². The number of carboxylic acids is 6. The number of carboxylic acid groups (broad SMARTS) is 6. The van der Waals surface area contributed by atoms with Crippen LogP contribution in [0.25, 0.3) is 0 Å². The number of unbranched alkanes of at least 4 members (excludes halogenated alkanes) is 19. The molecule has 3 unspecified atom stereocenters. The summed E-state index contributed by atoms with van der Waals surface area (Å²) in [5, 5.41) is 62.7. The molecule has 0 aliphatic heterocycles. The summed E-state index contributed by atoms with van der Waals surface area (Å²) in [5.41, 5.74) is 2.67. The monoisotopic (exact) mass is 1230 g/mol. The van der Waals surface area contributed by atoms with Gasteiger partial charge in [-0.3, -0.25) is 33.7 Å². The van der Waals surface area contributed by atoms with Crippen LogP contribution < -0.4 is 10.6 Å². The summed E-state index contributed by atoms with van der Waals surface area (Å²) < 4.78 is 0. The van der Waals surface area contributed by atoms with Crippen molar-refractivity contribution in [2.45, 2.75) is 277 Å². The Bertz CT molecular complexity index is 2430. The lowest BCUT2D eigenvalue weighted by atomic mass is 9.86. The van der Waals surface area contributed by atoms with Crippen LogP contribution in [0.1, 0.15) is 253 Å². The van der Waals surface area contributed by atoms with Gasteiger partial charge in [-0.25, -0.2) is 0 Å². The molecule has 3 aromatic rings. The molecule has 3 fully saturated rings. The van der Waals surface area contributed by atoms with E-state index < -0.39 is 52.1 Å². The highest BCUT2D eigenvalue weighted by Gasteiger charge is 2.54. The third-order valence-electron chi connectivity index (χ3n) is 18.7. The molecule has 3 aromatic carbocycles. The SMILES string of the molecule is CCCCCCCCCCc1ccc(CNC2CCC(C(=O)O)(C(=O)O)C2)cc1.CCCCCCCCCc1ccc(CN(C)C2CCC(C(=O)O)(C(=O)O)C2)cc1.CCCCCCCCCc1ccc(CNC2CCC(C(=O)O)(C(=O)O)C2)cc1.Cl. The molecule has 3 aliphatic rings. The van der Waals surface area contributed by atoms with Gasteiger partial charge in [-0.2, -0.15) is 0 Å². The topological polar surface area (TPSA) is 251 Å². The highest BCUT2D eigenvalue weighted by molar-refractivity contribution is 5.99. The van der Waals surface area contributed by atoms with Crippen molar-refractivity contribution >= 4 is 48.2 Å². The maximum Gasteiger partial charge on any atom is 0.321 e. The van der Waals surface area contributed by atoms with Crippen LogP contribution in [-0.2, 0) is 67.7 Å². The zero-order chi connectivity index (χ0) is 62.8. The Morgan fingerprint density at radius 2 is 0.632 bits per heavy atom. The standard InChI is InChI=1S/2C24H37NO4.C23H35NO4.ClH/c1-3-4-5-6-7-8-9-10-19-11-13-20(14-12-19)18-25(2)21-15-16-24(17-21,22(26)27)23(28)29;1-2-3-4-5-6-7-8-9-10-19-11-13-20(14-12-19)18-25-21-15-16-24(17-21,22(26)27)23(28)29;1-2-3-4-5-6-7-8-9-18-10-12-19(13-11-18)17-24-20-14-15-23(16-20,21(25)26)22(27)28;/h11-14,21H,3-10,15-18H2,1-2H3,(H,26,27)(H,28,29);11-14,21,25H,2-10,15-18H2,1H3,(H,26,27)(H,28,29);10-13,20,24H,2-9,14-17H2,1H3,(H,25,26)(H,27,28);1H. The molecule has 15 nitrogen and oxygen atoms in total. The zero-order valence-electron chi connectivity index (χ0n) is 53.3. The molecule has 0 aromatic heterocycles. The second kappa shape index (κ2) is 41.0. The van der Waals surface area contributed by atoms with Crippen molar-refractivity contribution in [3.05, 3.63) is 106 Å². The van der Waals surface area contributed by atoms with Gasteiger partial charge in [0.05, 0.1) is 0 Å². The molecule has 0 heterocycles. The van der Waals surface area contributed by atoms with Crippen LogP contribution in [0.2, 0.25) is 0 Å². The predicted molar refractivity (Wildman–Crippen MR) is 347 cm³/mol. The average Bonchev–Trinajstić information content (AvgIpc) is 2.08. The minimum absolute atomic E-state index is 0. The van der Waals surface area contributed by atoms with Crippen LogP contribution >= 0.6 is 12.4 Å². The van der Waals surface area contributed by atoms with Crippen molar-refractivity contribution in [1.82, 2.24) is 15.5 Å². The van der Waals surface area contributed by atoms with Gasteiger partial charge >= 0.3 is 35.8 Å². The number of nitrogens with one attached hydrogen (secondary N) is 2. The van der Waals surface area contributed by atoms with E-state index >= 15 is 0 Å². The molecule has 0 bridgehead atoms. The third kappa shape index (κ3) is 25.6. The lowest BCUT2D eigenvalue weighted by Crippen LogP contribution is -2.39. The van der Waals surface area contributed by atoms with Gasteiger partial charge in [0.25, 0.3) is 0 Å². The molecule has 0 amide bonds. The first kappa shape index (κ1) is 75.9. The number of nitrogens with zero attached hydrogens (tertiary/aromatic N) is 1. The van der Waals surface area contributed by atoms with Crippen LogP contribution in [0.15, 0.2) is 72.8 Å². The summed E-state index contributed by atoms with van der Waals surface area (Å²) >= 11 is 0. The minimum atomic E-state index is -1.63. The molecule has 87 heavy (non-hydrogen) atoms. The van der Waals surface area contributed by atoms with Gasteiger partial charge in [0.15, 0.2) is 16.2 Å². The van der Waals surface area contributed by atoms with Crippen molar-refractivity contribution in [3.63, 3.8) is 0 Å². The Balaban J connectivity index is 0.000000340. The fourth-order valence-corrected chi connectivity index (χ4v) is 12.7. The zero-order valence-corrected chi connectivity index (χ0v) is 54.1. The quantitative estimate of drug-likeness (QED) is 0.0195. The van der Waals surface area contributed by atoms with Crippen molar-refractivity contribution in [3.8, 4) is 0 Å². The summed E-state index contributed by atoms with van der Waals surface area (Å²) in [4.78, 5) is 70.7. The predicted octanol–water partition coefficient (Wildman–Crippen LogP) is 15.5. The van der Waals surface area contributed by atoms with Crippen molar-refractivity contribution < 1.29 is 59.4 Å². The van der Waals surface area contributed by atoms with Crippen molar-refractivity contribution in [2.24, 2.45) is 16.2 Å². The number of carbonyl (C=O) groups is 6. The first-order valence-electron chi connectivity index (χ1n) is 33.2. The Labute approximate surface area is 527 Å². The van der Waals surface area contributed by atoms with Gasteiger partial charge in [-0.05, 0) is 137 Å². The summed E-state index contributed by atoms with van der Waals surface area (Å²) in [5.74, 6) is -7.32.